The van der Waals surface area contributed by atoms with Crippen LogP contribution in [0, 0.1) is 5.92 Å². The quantitative estimate of drug-likeness (QED) is 0.740. The molecule has 1 aromatic rings. The molecule has 1 aromatic carbocycles. The van der Waals surface area contributed by atoms with E-state index in [2.05, 4.69) is 29.3 Å². The van der Waals surface area contributed by atoms with Crippen molar-refractivity contribution >= 4 is 22.2 Å². The Morgan fingerprint density at radius 2 is 1.61 bits per heavy atom. The molecule has 0 radical (unpaired) electrons. The Labute approximate surface area is 168 Å². The Morgan fingerprint density at radius 3 is 2.18 bits per heavy atom. The number of nitrogens with zero attached hydrogens (tertiary/aromatic N) is 4. The van der Waals surface area contributed by atoms with Crippen LogP contribution >= 0.6 is 0 Å². The first-order chi connectivity index (χ1) is 13.4. The zero-order chi connectivity index (χ0) is 20.1. The highest BCUT2D eigenvalue weighted by molar-refractivity contribution is 7.86. The van der Waals surface area contributed by atoms with Crippen LogP contribution < -0.4 is 0 Å². The van der Waals surface area contributed by atoms with Gasteiger partial charge in [0.05, 0.1) is 0 Å². The largest absolute Gasteiger partial charge is 0.374 e. The highest BCUT2D eigenvalue weighted by atomic mass is 32.2. The van der Waals surface area contributed by atoms with Crippen molar-refractivity contribution in [3.8, 4) is 0 Å². The highest BCUT2D eigenvalue weighted by Gasteiger charge is 2.34. The van der Waals surface area contributed by atoms with Gasteiger partial charge in [-0.2, -0.15) is 17.0 Å². The van der Waals surface area contributed by atoms with E-state index in [1.54, 1.807) is 0 Å². The molecule has 154 valence electrons. The minimum absolute atomic E-state index is 0.0694. The molecule has 0 N–H and O–H groups in total. The van der Waals surface area contributed by atoms with E-state index < -0.39 is 10.2 Å². The minimum atomic E-state index is -3.38. The fourth-order valence-electron chi connectivity index (χ4n) is 3.67. The summed E-state index contributed by atoms with van der Waals surface area (Å²) in [7, 11) is -0.303. The summed E-state index contributed by atoms with van der Waals surface area (Å²) in [5.74, 6) is 0.105. The molecule has 2 heterocycles. The number of hydrogen-bond acceptors (Lipinski definition) is 4. The van der Waals surface area contributed by atoms with Gasteiger partial charge in [0.2, 0.25) is 5.91 Å². The Balaban J connectivity index is 1.46. The smallest absolute Gasteiger partial charge is 0.281 e. The molecule has 1 amide bonds. The van der Waals surface area contributed by atoms with Crippen LogP contribution in [0.1, 0.15) is 18.4 Å². The number of carbonyl (C=O) groups is 1. The van der Waals surface area contributed by atoms with E-state index in [1.165, 1.54) is 28.3 Å². The van der Waals surface area contributed by atoms with Gasteiger partial charge in [-0.05, 0) is 30.7 Å². The third kappa shape index (κ3) is 4.92. The van der Waals surface area contributed by atoms with Gasteiger partial charge in [-0.3, -0.25) is 4.79 Å². The number of hydrogen-bond donors (Lipinski definition) is 0. The third-order valence-electron chi connectivity index (χ3n) is 5.49. The summed E-state index contributed by atoms with van der Waals surface area (Å²) in [6.07, 6.45) is 5.39. The molecule has 8 heteroatoms. The van der Waals surface area contributed by atoms with Crippen molar-refractivity contribution in [2.24, 2.45) is 5.92 Å². The maximum atomic E-state index is 12.8. The van der Waals surface area contributed by atoms with Gasteiger partial charge < -0.3 is 9.80 Å². The molecule has 7 nitrogen and oxygen atoms in total. The Morgan fingerprint density at radius 1 is 1.00 bits per heavy atom. The SMILES string of the molecule is CN(C)S(=O)(=O)N1CCC(C(=O)N2CCN(/C=C/c3ccccc3)CC2)CC1. The fraction of sp³-hybridized carbons (Fsp3) is 0.550. The predicted octanol–water partition coefficient (Wildman–Crippen LogP) is 1.32. The molecule has 2 aliphatic rings. The van der Waals surface area contributed by atoms with Crippen LogP contribution in [0.15, 0.2) is 36.5 Å². The molecule has 0 aromatic heterocycles. The molecule has 28 heavy (non-hydrogen) atoms. The second-order valence-corrected chi connectivity index (χ2v) is 9.69. The van der Waals surface area contributed by atoms with E-state index in [9.17, 15) is 13.2 Å². The molecule has 0 saturated carbocycles. The van der Waals surface area contributed by atoms with Gasteiger partial charge in [-0.25, -0.2) is 0 Å². The maximum absolute atomic E-state index is 12.8. The predicted molar refractivity (Wildman–Crippen MR) is 111 cm³/mol. The first-order valence-electron chi connectivity index (χ1n) is 9.81. The van der Waals surface area contributed by atoms with Crippen molar-refractivity contribution in [2.75, 3.05) is 53.4 Å². The van der Waals surface area contributed by atoms with Gasteiger partial charge in [0.1, 0.15) is 0 Å². The van der Waals surface area contributed by atoms with Crippen LogP contribution in [0.2, 0.25) is 0 Å². The van der Waals surface area contributed by atoms with Crippen molar-refractivity contribution in [3.63, 3.8) is 0 Å². The molecule has 0 aliphatic carbocycles. The van der Waals surface area contributed by atoms with E-state index in [-0.39, 0.29) is 11.8 Å². The van der Waals surface area contributed by atoms with Crippen molar-refractivity contribution < 1.29 is 13.2 Å². The number of amides is 1. The Hall–Kier alpha value is -1.90. The maximum Gasteiger partial charge on any atom is 0.281 e. The normalized spacial score (nSPS) is 20.2. The molecule has 0 spiro atoms. The molecule has 2 aliphatic heterocycles. The second kappa shape index (κ2) is 9.07. The fourth-order valence-corrected chi connectivity index (χ4v) is 4.80. The summed E-state index contributed by atoms with van der Waals surface area (Å²) in [4.78, 5) is 17.0. The number of carbonyl (C=O) groups excluding carboxylic acids is 1. The summed E-state index contributed by atoms with van der Waals surface area (Å²) in [5.41, 5.74) is 1.17. The molecular weight excluding hydrogens is 376 g/mol. The lowest BCUT2D eigenvalue weighted by molar-refractivity contribution is -0.138. The molecule has 2 fully saturated rings. The monoisotopic (exact) mass is 406 g/mol. The van der Waals surface area contributed by atoms with E-state index in [0.717, 1.165) is 13.1 Å². The van der Waals surface area contributed by atoms with Crippen molar-refractivity contribution in [2.45, 2.75) is 12.8 Å². The van der Waals surface area contributed by atoms with Gasteiger partial charge in [0.15, 0.2) is 0 Å². The zero-order valence-electron chi connectivity index (χ0n) is 16.7. The summed E-state index contributed by atoms with van der Waals surface area (Å²) in [5, 5.41) is 0. The number of benzene rings is 1. The number of rotatable bonds is 5. The van der Waals surface area contributed by atoms with Crippen LogP contribution in [0.4, 0.5) is 0 Å². The Bertz CT molecular complexity index is 779. The van der Waals surface area contributed by atoms with Gasteiger partial charge >= 0.3 is 0 Å². The van der Waals surface area contributed by atoms with Crippen LogP contribution in [0.25, 0.3) is 6.08 Å². The van der Waals surface area contributed by atoms with Crippen LogP contribution in [0.5, 0.6) is 0 Å². The molecular formula is C20H30N4O3S. The molecule has 2 saturated heterocycles. The topological polar surface area (TPSA) is 64.2 Å². The summed E-state index contributed by atoms with van der Waals surface area (Å²) < 4.78 is 27.1. The summed E-state index contributed by atoms with van der Waals surface area (Å²) >= 11 is 0. The van der Waals surface area contributed by atoms with E-state index >= 15 is 0 Å². The lowest BCUT2D eigenvalue weighted by Crippen LogP contribution is -2.51. The first kappa shape index (κ1) is 20.8. The highest BCUT2D eigenvalue weighted by Crippen LogP contribution is 2.23. The second-order valence-electron chi connectivity index (χ2n) is 7.55. The molecule has 0 atom stereocenters. The lowest BCUT2D eigenvalue weighted by atomic mass is 9.96. The van der Waals surface area contributed by atoms with Gasteiger partial charge in [-0.1, -0.05) is 30.3 Å². The third-order valence-corrected chi connectivity index (χ3v) is 7.43. The standard InChI is InChI=1S/C20H30N4O3S/c1-21(2)28(26,27)24-12-9-19(10-13-24)20(25)23-16-14-22(15-17-23)11-8-18-6-4-3-5-7-18/h3-8,11,19H,9-10,12-17H2,1-2H3/b11-8+. The van der Waals surface area contributed by atoms with E-state index in [1.807, 2.05) is 23.1 Å². The number of piperidine rings is 1. The van der Waals surface area contributed by atoms with Crippen molar-refractivity contribution in [3.05, 3.63) is 42.1 Å². The zero-order valence-corrected chi connectivity index (χ0v) is 17.5. The molecule has 3 rings (SSSR count). The summed E-state index contributed by atoms with van der Waals surface area (Å²) in [6, 6.07) is 10.2. The molecule has 0 bridgehead atoms. The average Bonchev–Trinajstić information content (AvgIpc) is 2.73. The van der Waals surface area contributed by atoms with E-state index in [0.29, 0.717) is 39.0 Å². The van der Waals surface area contributed by atoms with Crippen molar-refractivity contribution in [1.29, 1.82) is 0 Å². The van der Waals surface area contributed by atoms with Gasteiger partial charge in [-0.15, -0.1) is 0 Å². The van der Waals surface area contributed by atoms with Crippen LogP contribution in [-0.2, 0) is 15.0 Å². The summed E-state index contributed by atoms with van der Waals surface area (Å²) in [6.45, 7) is 3.90. The Kier molecular flexibility index (Phi) is 6.74. The minimum Gasteiger partial charge on any atom is -0.374 e. The molecule has 0 unspecified atom stereocenters. The van der Waals surface area contributed by atoms with Gasteiger partial charge in [0.25, 0.3) is 10.2 Å². The van der Waals surface area contributed by atoms with Crippen molar-refractivity contribution in [1.82, 2.24) is 18.4 Å². The van der Waals surface area contributed by atoms with E-state index in [4.69, 9.17) is 0 Å². The lowest BCUT2D eigenvalue weighted by Gasteiger charge is -2.38. The number of piperazine rings is 1. The van der Waals surface area contributed by atoms with Crippen LogP contribution in [0.3, 0.4) is 0 Å². The van der Waals surface area contributed by atoms with Gasteiger partial charge in [0, 0.05) is 59.3 Å². The average molecular weight is 407 g/mol. The van der Waals surface area contributed by atoms with Crippen LogP contribution in [-0.4, -0.2) is 86.1 Å². The first-order valence-corrected chi connectivity index (χ1v) is 11.2.